The number of aliphatic imine (C=N–C) groups is 1. The summed E-state index contributed by atoms with van der Waals surface area (Å²) in [5.41, 5.74) is 0.369. The number of aryl methyl sites for hydroxylation is 1. The predicted molar refractivity (Wildman–Crippen MR) is 87.5 cm³/mol. The minimum atomic E-state index is -0.714. The summed E-state index contributed by atoms with van der Waals surface area (Å²) >= 11 is 3.12. The van der Waals surface area contributed by atoms with Crippen molar-refractivity contribution in [1.82, 2.24) is 0 Å². The maximum absolute atomic E-state index is 10.9. The molecule has 1 N–H and O–H groups in total. The third-order valence-electron chi connectivity index (χ3n) is 3.02. The molecule has 2 rings (SSSR count). The number of hydrogen-bond donors (Lipinski definition) is 1. The highest BCUT2D eigenvalue weighted by atomic mass is 79.9. The summed E-state index contributed by atoms with van der Waals surface area (Å²) in [4.78, 5) is 24.6. The van der Waals surface area contributed by atoms with Gasteiger partial charge in [-0.1, -0.05) is 22.0 Å². The highest BCUT2D eigenvalue weighted by Crippen LogP contribution is 2.33. The quantitative estimate of drug-likeness (QED) is 0.488. The Bertz CT molecular complexity index is 835. The maximum atomic E-state index is 10.9. The fourth-order valence-electron chi connectivity index (χ4n) is 1.86. The highest BCUT2D eigenvalue weighted by Gasteiger charge is 2.17. The van der Waals surface area contributed by atoms with Crippen LogP contribution in [0.1, 0.15) is 11.1 Å². The monoisotopic (exact) mass is 379 g/mol. The summed E-state index contributed by atoms with van der Waals surface area (Å²) in [7, 11) is 0. The van der Waals surface area contributed by atoms with Gasteiger partial charge in [0.1, 0.15) is 0 Å². The Morgan fingerprint density at radius 1 is 1.13 bits per heavy atom. The van der Waals surface area contributed by atoms with Gasteiger partial charge in [0.25, 0.3) is 5.69 Å². The first-order valence-electron chi connectivity index (χ1n) is 6.25. The molecule has 0 aromatic heterocycles. The van der Waals surface area contributed by atoms with Crippen LogP contribution in [0.25, 0.3) is 0 Å². The van der Waals surface area contributed by atoms with Gasteiger partial charge in [-0.2, -0.15) is 0 Å². The van der Waals surface area contributed by atoms with Gasteiger partial charge >= 0.3 is 5.69 Å². The van der Waals surface area contributed by atoms with Gasteiger partial charge < -0.3 is 5.11 Å². The van der Waals surface area contributed by atoms with Crippen molar-refractivity contribution < 1.29 is 15.0 Å². The Labute approximate surface area is 138 Å². The van der Waals surface area contributed by atoms with Gasteiger partial charge in [-0.05, 0) is 19.1 Å². The molecule has 0 aliphatic heterocycles. The maximum Gasteiger partial charge on any atom is 0.312 e. The molecule has 0 heterocycles. The number of benzene rings is 2. The fourth-order valence-corrected chi connectivity index (χ4v) is 2.33. The van der Waals surface area contributed by atoms with E-state index in [4.69, 9.17) is 0 Å². The van der Waals surface area contributed by atoms with E-state index in [9.17, 15) is 25.3 Å². The minimum Gasteiger partial charge on any atom is -0.502 e. The zero-order chi connectivity index (χ0) is 17.1. The van der Waals surface area contributed by atoms with Gasteiger partial charge in [0.15, 0.2) is 0 Å². The van der Waals surface area contributed by atoms with Gasteiger partial charge in [-0.15, -0.1) is 0 Å². The number of nitro groups is 2. The van der Waals surface area contributed by atoms with E-state index < -0.39 is 21.3 Å². The normalized spacial score (nSPS) is 10.9. The molecule has 0 fully saturated rings. The molecule has 0 amide bonds. The van der Waals surface area contributed by atoms with Crippen LogP contribution in [0.4, 0.5) is 17.1 Å². The molecule has 2 aromatic rings. The van der Waals surface area contributed by atoms with Crippen molar-refractivity contribution in [2.24, 2.45) is 4.99 Å². The van der Waals surface area contributed by atoms with Crippen molar-refractivity contribution in [1.29, 1.82) is 0 Å². The molecule has 0 spiro atoms. The van der Waals surface area contributed by atoms with Gasteiger partial charge in [0, 0.05) is 33.9 Å². The van der Waals surface area contributed by atoms with E-state index in [-0.39, 0.29) is 11.3 Å². The molecule has 0 unspecified atom stereocenters. The molecule has 0 aliphatic carbocycles. The number of hydrogen-bond acceptors (Lipinski definition) is 6. The minimum absolute atomic E-state index is 0.0795. The Morgan fingerprint density at radius 3 is 2.39 bits per heavy atom. The van der Waals surface area contributed by atoms with E-state index in [1.54, 1.807) is 19.1 Å². The standard InChI is InChI=1S/C14H10BrN3O5/c1-8-2-3-11(6-12(8)17(20)21)16-7-9-4-10(15)5-13(14(9)19)18(22)23/h2-7,19H,1H3. The smallest absolute Gasteiger partial charge is 0.312 e. The molecule has 23 heavy (non-hydrogen) atoms. The van der Waals surface area contributed by atoms with E-state index in [0.717, 1.165) is 0 Å². The molecule has 0 bridgehead atoms. The van der Waals surface area contributed by atoms with Crippen LogP contribution < -0.4 is 0 Å². The lowest BCUT2D eigenvalue weighted by Crippen LogP contribution is -1.93. The SMILES string of the molecule is Cc1ccc(N=Cc2cc(Br)cc([N+](=O)[O-])c2O)cc1[N+](=O)[O-]. The number of halogens is 1. The second-order valence-corrected chi connectivity index (χ2v) is 5.52. The third-order valence-corrected chi connectivity index (χ3v) is 3.48. The van der Waals surface area contributed by atoms with E-state index in [1.807, 2.05) is 0 Å². The van der Waals surface area contributed by atoms with Crippen molar-refractivity contribution in [3.8, 4) is 5.75 Å². The second-order valence-electron chi connectivity index (χ2n) is 4.61. The predicted octanol–water partition coefficient (Wildman–Crippen LogP) is 4.03. The second kappa shape index (κ2) is 6.53. The summed E-state index contributed by atoms with van der Waals surface area (Å²) in [5, 5.41) is 31.6. The number of aromatic hydroxyl groups is 1. The summed E-state index contributed by atoms with van der Waals surface area (Å²) in [6.07, 6.45) is 1.21. The Hall–Kier alpha value is -2.81. The van der Waals surface area contributed by atoms with Crippen LogP contribution >= 0.6 is 15.9 Å². The molecule has 2 aromatic carbocycles. The number of rotatable bonds is 4. The van der Waals surface area contributed by atoms with E-state index in [0.29, 0.717) is 15.7 Å². The molecule has 0 aliphatic rings. The fraction of sp³-hybridized carbons (Fsp3) is 0.0714. The molecular weight excluding hydrogens is 370 g/mol. The molecule has 118 valence electrons. The van der Waals surface area contributed by atoms with Crippen molar-refractivity contribution in [3.63, 3.8) is 0 Å². The van der Waals surface area contributed by atoms with Crippen LogP contribution in [-0.2, 0) is 0 Å². The average Bonchev–Trinajstić information content (AvgIpc) is 2.48. The van der Waals surface area contributed by atoms with Crippen LogP contribution in [0.5, 0.6) is 5.75 Å². The summed E-state index contributed by atoms with van der Waals surface area (Å²) in [5.74, 6) is -0.524. The Kier molecular flexibility index (Phi) is 4.70. The zero-order valence-corrected chi connectivity index (χ0v) is 13.3. The number of nitro benzene ring substituents is 2. The molecule has 8 nitrogen and oxygen atoms in total. The summed E-state index contributed by atoms with van der Waals surface area (Å²) < 4.78 is 0.401. The van der Waals surface area contributed by atoms with Crippen LogP contribution in [0, 0.1) is 27.2 Å². The first kappa shape index (κ1) is 16.6. The van der Waals surface area contributed by atoms with Gasteiger partial charge in [0.05, 0.1) is 15.5 Å². The molecule has 0 atom stereocenters. The van der Waals surface area contributed by atoms with Crippen LogP contribution in [0.15, 0.2) is 39.8 Å². The van der Waals surface area contributed by atoms with Gasteiger partial charge in [-0.25, -0.2) is 0 Å². The van der Waals surface area contributed by atoms with Crippen molar-refractivity contribution >= 4 is 39.2 Å². The highest BCUT2D eigenvalue weighted by molar-refractivity contribution is 9.10. The lowest BCUT2D eigenvalue weighted by Gasteiger charge is -2.02. The lowest BCUT2D eigenvalue weighted by atomic mass is 10.1. The molecule has 0 saturated carbocycles. The lowest BCUT2D eigenvalue weighted by molar-refractivity contribution is -0.386. The van der Waals surface area contributed by atoms with E-state index in [2.05, 4.69) is 20.9 Å². The average molecular weight is 380 g/mol. The van der Waals surface area contributed by atoms with Crippen LogP contribution in [-0.4, -0.2) is 21.2 Å². The Balaban J connectivity index is 2.43. The zero-order valence-electron chi connectivity index (χ0n) is 11.8. The summed E-state index contributed by atoms with van der Waals surface area (Å²) in [6.45, 7) is 1.61. The third kappa shape index (κ3) is 3.69. The molecule has 9 heteroatoms. The number of phenolic OH excluding ortho intramolecular Hbond substituents is 1. The summed E-state index contributed by atoms with van der Waals surface area (Å²) in [6, 6.07) is 7.03. The van der Waals surface area contributed by atoms with Gasteiger partial charge in [0.2, 0.25) is 5.75 Å². The first-order valence-corrected chi connectivity index (χ1v) is 7.05. The largest absolute Gasteiger partial charge is 0.502 e. The van der Waals surface area contributed by atoms with Crippen molar-refractivity contribution in [3.05, 3.63) is 66.2 Å². The first-order chi connectivity index (χ1) is 10.8. The number of phenols is 1. The topological polar surface area (TPSA) is 119 Å². The van der Waals surface area contributed by atoms with Crippen LogP contribution in [0.2, 0.25) is 0 Å². The van der Waals surface area contributed by atoms with Crippen LogP contribution in [0.3, 0.4) is 0 Å². The molecule has 0 radical (unpaired) electrons. The van der Waals surface area contributed by atoms with Crippen molar-refractivity contribution in [2.45, 2.75) is 6.92 Å². The number of nitrogens with zero attached hydrogens (tertiary/aromatic N) is 3. The van der Waals surface area contributed by atoms with Gasteiger partial charge in [-0.3, -0.25) is 25.2 Å². The molecular formula is C14H10BrN3O5. The van der Waals surface area contributed by atoms with E-state index >= 15 is 0 Å². The van der Waals surface area contributed by atoms with E-state index in [1.165, 1.54) is 24.4 Å². The van der Waals surface area contributed by atoms with Crippen molar-refractivity contribution in [2.75, 3.05) is 0 Å². The molecule has 0 saturated heterocycles. The Morgan fingerprint density at radius 2 is 1.78 bits per heavy atom.